The van der Waals surface area contributed by atoms with Crippen LogP contribution in [0.15, 0.2) is 71.2 Å². The number of carbonyl (C=O) groups excluding carboxylic acids is 1. The first kappa shape index (κ1) is 26.8. The number of rotatable bonds is 8. The Morgan fingerprint density at radius 1 is 1.14 bits per heavy atom. The highest BCUT2D eigenvalue weighted by molar-refractivity contribution is 9.10. The van der Waals surface area contributed by atoms with Crippen LogP contribution < -0.4 is 10.1 Å². The fraction of sp³-hybridized carbons (Fsp3) is 0.111. The second kappa shape index (κ2) is 12.3. The van der Waals surface area contributed by atoms with Crippen LogP contribution in [0.1, 0.15) is 22.3 Å². The van der Waals surface area contributed by atoms with E-state index in [-0.39, 0.29) is 12.2 Å². The molecule has 0 aliphatic heterocycles. The molecule has 8 heteroatoms. The lowest BCUT2D eigenvalue weighted by molar-refractivity contribution is -0.112. The molecule has 0 aliphatic carbocycles. The lowest BCUT2D eigenvalue weighted by Gasteiger charge is -2.15. The minimum absolute atomic E-state index is 0.0506. The molecule has 3 aromatic carbocycles. The third kappa shape index (κ3) is 6.90. The van der Waals surface area contributed by atoms with Gasteiger partial charge in [0.1, 0.15) is 24.0 Å². The fourth-order valence-electron chi connectivity index (χ4n) is 3.26. The third-order valence-electron chi connectivity index (χ3n) is 5.07. The number of hydrogen-bond donors (Lipinski definition) is 1. The lowest BCUT2D eigenvalue weighted by Crippen LogP contribution is -2.14. The molecule has 0 aliphatic rings. The molecule has 0 bridgehead atoms. The number of nitrogens with zero attached hydrogens (tertiary/aromatic N) is 1. The van der Waals surface area contributed by atoms with Crippen LogP contribution in [0, 0.1) is 18.3 Å². The predicted octanol–water partition coefficient (Wildman–Crippen LogP) is 8.57. The highest BCUT2D eigenvalue weighted by Crippen LogP contribution is 2.34. The van der Waals surface area contributed by atoms with E-state index in [9.17, 15) is 10.1 Å². The van der Waals surface area contributed by atoms with Crippen LogP contribution in [0.5, 0.6) is 5.75 Å². The van der Waals surface area contributed by atoms with Gasteiger partial charge >= 0.3 is 0 Å². The molecule has 1 N–H and O–H groups in total. The number of carbonyl (C=O) groups is 1. The highest BCUT2D eigenvalue weighted by Gasteiger charge is 2.15. The Labute approximate surface area is 227 Å². The predicted molar refractivity (Wildman–Crippen MR) is 147 cm³/mol. The smallest absolute Gasteiger partial charge is 0.266 e. The summed E-state index contributed by atoms with van der Waals surface area (Å²) >= 11 is 21.8. The van der Waals surface area contributed by atoms with Gasteiger partial charge < -0.3 is 10.1 Å². The van der Waals surface area contributed by atoms with Crippen LogP contribution in [0.2, 0.25) is 15.1 Å². The van der Waals surface area contributed by atoms with Crippen LogP contribution in [0.25, 0.3) is 6.08 Å². The maximum absolute atomic E-state index is 12.8. The maximum atomic E-state index is 12.8. The van der Waals surface area contributed by atoms with Crippen molar-refractivity contribution >= 4 is 68.4 Å². The number of anilines is 1. The first-order valence-electron chi connectivity index (χ1n) is 10.4. The molecule has 35 heavy (non-hydrogen) atoms. The van der Waals surface area contributed by atoms with Gasteiger partial charge in [0.05, 0.1) is 14.5 Å². The van der Waals surface area contributed by atoms with E-state index in [1.54, 1.807) is 49.4 Å². The molecule has 0 atom stereocenters. The minimum atomic E-state index is -0.529. The summed E-state index contributed by atoms with van der Waals surface area (Å²) in [6.45, 7) is 5.89. The van der Waals surface area contributed by atoms with Crippen molar-refractivity contribution in [3.63, 3.8) is 0 Å². The maximum Gasteiger partial charge on any atom is 0.266 e. The van der Waals surface area contributed by atoms with Gasteiger partial charge in [-0.15, -0.1) is 6.58 Å². The summed E-state index contributed by atoms with van der Waals surface area (Å²) < 4.78 is 6.74. The number of benzene rings is 3. The Kier molecular flexibility index (Phi) is 9.42. The van der Waals surface area contributed by atoms with Gasteiger partial charge in [0.15, 0.2) is 0 Å². The van der Waals surface area contributed by atoms with Crippen molar-refractivity contribution in [3.05, 3.63) is 109 Å². The number of hydrogen-bond acceptors (Lipinski definition) is 3. The Bertz CT molecular complexity index is 1360. The molecular weight excluding hydrogens is 571 g/mol. The number of nitriles is 1. The summed E-state index contributed by atoms with van der Waals surface area (Å²) in [5, 5.41) is 13.8. The van der Waals surface area contributed by atoms with E-state index in [4.69, 9.17) is 39.5 Å². The highest BCUT2D eigenvalue weighted by atomic mass is 79.9. The number of amides is 1. The second-order valence-corrected chi connectivity index (χ2v) is 9.63. The van der Waals surface area contributed by atoms with E-state index in [0.29, 0.717) is 43.0 Å². The second-order valence-electron chi connectivity index (χ2n) is 7.56. The molecule has 0 radical (unpaired) electrons. The Morgan fingerprint density at radius 2 is 1.91 bits per heavy atom. The van der Waals surface area contributed by atoms with E-state index in [2.05, 4.69) is 27.8 Å². The van der Waals surface area contributed by atoms with E-state index in [0.717, 1.165) is 16.7 Å². The van der Waals surface area contributed by atoms with Crippen LogP contribution in [0.3, 0.4) is 0 Å². The fourth-order valence-corrected chi connectivity index (χ4v) is 4.39. The number of halogens is 4. The van der Waals surface area contributed by atoms with Crippen molar-refractivity contribution in [3.8, 4) is 11.8 Å². The molecule has 0 heterocycles. The topological polar surface area (TPSA) is 62.1 Å². The van der Waals surface area contributed by atoms with Gasteiger partial charge in [0.2, 0.25) is 0 Å². The molecule has 0 spiro atoms. The average molecular weight is 591 g/mol. The van der Waals surface area contributed by atoms with Crippen LogP contribution >= 0.6 is 50.7 Å². The molecule has 0 saturated heterocycles. The molecule has 3 rings (SSSR count). The summed E-state index contributed by atoms with van der Waals surface area (Å²) in [7, 11) is 0. The summed E-state index contributed by atoms with van der Waals surface area (Å²) in [5.41, 5.74) is 3.57. The van der Waals surface area contributed by atoms with Gasteiger partial charge in [0, 0.05) is 10.7 Å². The van der Waals surface area contributed by atoms with E-state index in [1.165, 1.54) is 6.08 Å². The molecule has 1 amide bonds. The molecule has 0 saturated carbocycles. The lowest BCUT2D eigenvalue weighted by atomic mass is 10.0. The first-order valence-corrected chi connectivity index (χ1v) is 12.3. The summed E-state index contributed by atoms with van der Waals surface area (Å²) in [6.07, 6.45) is 3.79. The number of ether oxygens (including phenoxy) is 1. The summed E-state index contributed by atoms with van der Waals surface area (Å²) in [6, 6.07) is 16.1. The standard InChI is InChI=1S/C27H20BrCl3N2O2/c1-3-5-19-10-18(11-20(14-32)27(34)33-25-7-4-6-22(29)16(25)2)12-21(28)26(19)35-15-17-8-9-23(30)24(31)13-17/h3-4,6-13H,1,5,15H2,2H3,(H,33,34)/b20-11-. The van der Waals surface area contributed by atoms with Crippen LogP contribution in [-0.4, -0.2) is 5.91 Å². The number of nitrogens with one attached hydrogen (secondary N) is 1. The minimum Gasteiger partial charge on any atom is -0.487 e. The molecule has 3 aromatic rings. The van der Waals surface area contributed by atoms with E-state index in [1.807, 2.05) is 18.2 Å². The molecule has 0 aromatic heterocycles. The van der Waals surface area contributed by atoms with Crippen molar-refractivity contribution in [1.82, 2.24) is 0 Å². The van der Waals surface area contributed by atoms with Crippen molar-refractivity contribution in [2.24, 2.45) is 0 Å². The zero-order chi connectivity index (χ0) is 25.5. The quantitative estimate of drug-likeness (QED) is 0.162. The van der Waals surface area contributed by atoms with Crippen molar-refractivity contribution < 1.29 is 9.53 Å². The van der Waals surface area contributed by atoms with E-state index >= 15 is 0 Å². The van der Waals surface area contributed by atoms with Crippen LogP contribution in [-0.2, 0) is 17.8 Å². The number of allylic oxidation sites excluding steroid dienone is 1. The van der Waals surface area contributed by atoms with Gasteiger partial charge in [-0.1, -0.05) is 53.0 Å². The zero-order valence-electron chi connectivity index (χ0n) is 18.7. The first-order chi connectivity index (χ1) is 16.7. The van der Waals surface area contributed by atoms with Gasteiger partial charge in [-0.2, -0.15) is 5.26 Å². The Balaban J connectivity index is 1.87. The Morgan fingerprint density at radius 3 is 2.60 bits per heavy atom. The normalized spacial score (nSPS) is 11.0. The van der Waals surface area contributed by atoms with Gasteiger partial charge in [-0.05, 0) is 94.0 Å². The average Bonchev–Trinajstić information content (AvgIpc) is 2.82. The van der Waals surface area contributed by atoms with Gasteiger partial charge in [-0.3, -0.25) is 4.79 Å². The summed E-state index contributed by atoms with van der Waals surface area (Å²) in [5.74, 6) is 0.102. The third-order valence-corrected chi connectivity index (χ3v) is 6.80. The monoisotopic (exact) mass is 588 g/mol. The van der Waals surface area contributed by atoms with Gasteiger partial charge in [0.25, 0.3) is 5.91 Å². The van der Waals surface area contributed by atoms with Crippen molar-refractivity contribution in [1.29, 1.82) is 5.26 Å². The van der Waals surface area contributed by atoms with Gasteiger partial charge in [-0.25, -0.2) is 0 Å². The zero-order valence-corrected chi connectivity index (χ0v) is 22.5. The molecule has 0 unspecified atom stereocenters. The molecule has 0 fully saturated rings. The SMILES string of the molecule is C=CCc1cc(/C=C(/C#N)C(=O)Nc2cccc(Cl)c2C)cc(Br)c1OCc1ccc(Cl)c(Cl)c1. The molecule has 178 valence electrons. The molecular formula is C27H20BrCl3N2O2. The van der Waals surface area contributed by atoms with E-state index < -0.39 is 5.91 Å². The largest absolute Gasteiger partial charge is 0.487 e. The van der Waals surface area contributed by atoms with Crippen LogP contribution in [0.4, 0.5) is 5.69 Å². The molecule has 4 nitrogen and oxygen atoms in total. The van der Waals surface area contributed by atoms with Crippen molar-refractivity contribution in [2.75, 3.05) is 5.32 Å². The summed E-state index contributed by atoms with van der Waals surface area (Å²) in [4.78, 5) is 12.8. The van der Waals surface area contributed by atoms with Crippen molar-refractivity contribution in [2.45, 2.75) is 20.0 Å². The Hall–Kier alpha value is -2.75.